The van der Waals surface area contributed by atoms with Crippen LogP contribution in [0.25, 0.3) is 10.9 Å². The normalized spacial score (nSPS) is 13.2. The maximum absolute atomic E-state index is 13.8. The number of aromatic nitrogens is 1. The van der Waals surface area contributed by atoms with Gasteiger partial charge in [-0.1, -0.05) is 13.8 Å². The molecule has 0 amide bonds. The molecule has 1 heterocycles. The molecule has 0 aliphatic heterocycles. The number of fused-ring (bicyclic) bond motifs is 1. The lowest BCUT2D eigenvalue weighted by Crippen LogP contribution is -2.23. The Morgan fingerprint density at radius 2 is 1.92 bits per heavy atom. The predicted octanol–water partition coefficient (Wildman–Crippen LogP) is 3.89. The van der Waals surface area contributed by atoms with Crippen molar-refractivity contribution in [1.29, 1.82) is 0 Å². The minimum Gasteiger partial charge on any atom is -0.474 e. The lowest BCUT2D eigenvalue weighted by atomic mass is 10.1. The van der Waals surface area contributed by atoms with Crippen LogP contribution in [-0.4, -0.2) is 18.0 Å². The molecule has 0 radical (unpaired) electrons. The molecular formula is C16H17BF3NO3. The van der Waals surface area contributed by atoms with Crippen LogP contribution < -0.4 is 5.43 Å². The Balaban J connectivity index is 0.00000100. The first-order valence-corrected chi connectivity index (χ1v) is 7.73. The van der Waals surface area contributed by atoms with Gasteiger partial charge < -0.3 is 9.22 Å². The summed E-state index contributed by atoms with van der Waals surface area (Å²) >= 11 is 0. The van der Waals surface area contributed by atoms with Crippen LogP contribution >= 0.6 is 0 Å². The van der Waals surface area contributed by atoms with E-state index in [9.17, 15) is 22.6 Å². The molecule has 1 aromatic carbocycles. The molecule has 24 heavy (non-hydrogen) atoms. The lowest BCUT2D eigenvalue weighted by Gasteiger charge is -2.14. The van der Waals surface area contributed by atoms with Crippen LogP contribution in [-0.2, 0) is 4.65 Å². The third-order valence-electron chi connectivity index (χ3n) is 3.74. The Bertz CT molecular complexity index is 831. The van der Waals surface area contributed by atoms with Gasteiger partial charge in [0.15, 0.2) is 0 Å². The number of benzene rings is 1. The summed E-state index contributed by atoms with van der Waals surface area (Å²) in [5, 5.41) is 0.120. The number of nitrogens with zero attached hydrogens (tertiary/aromatic N) is 1. The molecule has 0 saturated heterocycles. The molecule has 128 valence electrons. The van der Waals surface area contributed by atoms with Crippen molar-refractivity contribution >= 4 is 24.3 Å². The van der Waals surface area contributed by atoms with E-state index in [0.29, 0.717) is 5.52 Å². The van der Waals surface area contributed by atoms with Crippen LogP contribution in [0.2, 0.25) is 0 Å². The number of carbonyl (C=O) groups excluding carboxylic acids is 1. The summed E-state index contributed by atoms with van der Waals surface area (Å²) in [6.07, 6.45) is 2.83. The molecule has 0 bridgehead atoms. The van der Waals surface area contributed by atoms with Crippen molar-refractivity contribution in [3.63, 3.8) is 0 Å². The standard InChI is InChI=1S/C14H11BF3NO3.C2H6/c1-7-11(16)5-4-9-12(7)19(8-2-3-8)6-10(13(9)20)14(21)22-15(17)18;1-2/h4-6,8H,2-3H2,1H3;1-2H3. The summed E-state index contributed by atoms with van der Waals surface area (Å²) in [6, 6.07) is 2.41. The summed E-state index contributed by atoms with van der Waals surface area (Å²) in [7, 11) is -3.30. The summed E-state index contributed by atoms with van der Waals surface area (Å²) in [6.45, 7) is 5.53. The van der Waals surface area contributed by atoms with Gasteiger partial charge in [0.2, 0.25) is 5.43 Å². The summed E-state index contributed by atoms with van der Waals surface area (Å²) < 4.78 is 43.6. The molecule has 0 N–H and O–H groups in total. The van der Waals surface area contributed by atoms with Gasteiger partial charge in [-0.05, 0) is 31.9 Å². The highest BCUT2D eigenvalue weighted by Crippen LogP contribution is 2.38. The highest BCUT2D eigenvalue weighted by atomic mass is 19.2. The van der Waals surface area contributed by atoms with E-state index in [1.54, 1.807) is 4.57 Å². The first kappa shape index (κ1) is 18.1. The van der Waals surface area contributed by atoms with Crippen LogP contribution in [0.1, 0.15) is 48.7 Å². The van der Waals surface area contributed by atoms with Crippen LogP contribution in [0.5, 0.6) is 0 Å². The predicted molar refractivity (Wildman–Crippen MR) is 85.9 cm³/mol. The molecule has 0 atom stereocenters. The third-order valence-corrected chi connectivity index (χ3v) is 3.74. The second-order valence-corrected chi connectivity index (χ2v) is 5.24. The van der Waals surface area contributed by atoms with E-state index in [4.69, 9.17) is 0 Å². The zero-order valence-corrected chi connectivity index (χ0v) is 13.6. The molecular weight excluding hydrogens is 322 g/mol. The zero-order valence-electron chi connectivity index (χ0n) is 13.6. The van der Waals surface area contributed by atoms with Crippen molar-refractivity contribution < 1.29 is 22.5 Å². The second kappa shape index (κ2) is 7.11. The molecule has 8 heteroatoms. The molecule has 1 aliphatic rings. The van der Waals surface area contributed by atoms with Gasteiger partial charge >= 0.3 is 13.4 Å². The first-order chi connectivity index (χ1) is 11.4. The van der Waals surface area contributed by atoms with Crippen molar-refractivity contribution in [2.75, 3.05) is 0 Å². The van der Waals surface area contributed by atoms with Crippen molar-refractivity contribution in [2.45, 2.75) is 39.7 Å². The third kappa shape index (κ3) is 3.32. The quantitative estimate of drug-likeness (QED) is 0.797. The number of carbonyl (C=O) groups is 1. The summed E-state index contributed by atoms with van der Waals surface area (Å²) in [5.74, 6) is -1.84. The van der Waals surface area contributed by atoms with Gasteiger partial charge in [0.1, 0.15) is 11.4 Å². The van der Waals surface area contributed by atoms with Crippen molar-refractivity contribution in [3.8, 4) is 0 Å². The van der Waals surface area contributed by atoms with Crippen LogP contribution in [0.3, 0.4) is 0 Å². The Labute approximate surface area is 137 Å². The molecule has 1 aromatic heterocycles. The Hall–Kier alpha value is -2.25. The van der Waals surface area contributed by atoms with E-state index in [0.717, 1.165) is 18.9 Å². The van der Waals surface area contributed by atoms with Gasteiger partial charge in [-0.15, -0.1) is 0 Å². The Morgan fingerprint density at radius 1 is 1.29 bits per heavy atom. The average Bonchev–Trinajstić information content (AvgIpc) is 3.37. The molecule has 3 rings (SSSR count). The second-order valence-electron chi connectivity index (χ2n) is 5.24. The number of pyridine rings is 1. The maximum atomic E-state index is 13.8. The number of rotatable bonds is 3. The maximum Gasteiger partial charge on any atom is 0.798 e. The largest absolute Gasteiger partial charge is 0.798 e. The zero-order chi connectivity index (χ0) is 18.0. The molecule has 2 aromatic rings. The van der Waals surface area contributed by atoms with Crippen LogP contribution in [0, 0.1) is 12.7 Å². The minimum atomic E-state index is -3.30. The van der Waals surface area contributed by atoms with E-state index in [1.807, 2.05) is 13.8 Å². The SMILES string of the molecule is CC.Cc1c(F)ccc2c(=O)c(C(=O)OB(F)F)cn(C3CC3)c12. The summed E-state index contributed by atoms with van der Waals surface area (Å²) in [4.78, 5) is 24.0. The minimum absolute atomic E-state index is 0.0294. The Kier molecular flexibility index (Phi) is 5.36. The fraction of sp³-hybridized carbons (Fsp3) is 0.375. The molecule has 1 aliphatic carbocycles. The van der Waals surface area contributed by atoms with E-state index in [2.05, 4.69) is 4.65 Å². The van der Waals surface area contributed by atoms with E-state index < -0.39 is 30.2 Å². The average molecular weight is 339 g/mol. The Morgan fingerprint density at radius 3 is 2.46 bits per heavy atom. The first-order valence-electron chi connectivity index (χ1n) is 7.73. The molecule has 4 nitrogen and oxygen atoms in total. The smallest absolute Gasteiger partial charge is 0.474 e. The van der Waals surface area contributed by atoms with Crippen LogP contribution in [0.4, 0.5) is 13.0 Å². The van der Waals surface area contributed by atoms with Crippen molar-refractivity contribution in [1.82, 2.24) is 4.57 Å². The molecule has 1 fully saturated rings. The van der Waals surface area contributed by atoms with Gasteiger partial charge in [-0.3, -0.25) is 4.79 Å². The van der Waals surface area contributed by atoms with Gasteiger partial charge in [0, 0.05) is 23.2 Å². The van der Waals surface area contributed by atoms with Gasteiger partial charge in [-0.2, -0.15) is 0 Å². The number of hydrogen-bond acceptors (Lipinski definition) is 3. The van der Waals surface area contributed by atoms with Crippen LogP contribution in [0.15, 0.2) is 23.1 Å². The molecule has 0 spiro atoms. The number of halogens is 3. The monoisotopic (exact) mass is 339 g/mol. The fourth-order valence-corrected chi connectivity index (χ4v) is 2.53. The lowest BCUT2D eigenvalue weighted by molar-refractivity contribution is 0.0693. The van der Waals surface area contributed by atoms with E-state index >= 15 is 0 Å². The van der Waals surface area contributed by atoms with E-state index in [-0.39, 0.29) is 17.0 Å². The number of aryl methyl sites for hydroxylation is 1. The summed E-state index contributed by atoms with van der Waals surface area (Å²) in [5.41, 5.74) is -0.525. The van der Waals surface area contributed by atoms with Gasteiger partial charge in [0.25, 0.3) is 0 Å². The fourth-order valence-electron chi connectivity index (χ4n) is 2.53. The topological polar surface area (TPSA) is 48.3 Å². The van der Waals surface area contributed by atoms with E-state index in [1.165, 1.54) is 19.2 Å². The molecule has 0 unspecified atom stereocenters. The number of hydrogen-bond donors (Lipinski definition) is 0. The highest BCUT2D eigenvalue weighted by molar-refractivity contribution is 6.38. The van der Waals surface area contributed by atoms with Gasteiger partial charge in [0.05, 0.1) is 5.52 Å². The highest BCUT2D eigenvalue weighted by Gasteiger charge is 2.30. The van der Waals surface area contributed by atoms with Gasteiger partial charge in [-0.25, -0.2) is 17.8 Å². The molecule has 1 saturated carbocycles. The van der Waals surface area contributed by atoms with Crippen molar-refractivity contribution in [2.24, 2.45) is 0 Å². The van der Waals surface area contributed by atoms with Crippen molar-refractivity contribution in [3.05, 3.63) is 45.5 Å².